The van der Waals surface area contributed by atoms with E-state index in [1.165, 1.54) is 13.2 Å². The first kappa shape index (κ1) is 26.2. The number of anilines is 1. The molecule has 0 saturated heterocycles. The molecule has 0 heterocycles. The van der Waals surface area contributed by atoms with E-state index in [1.54, 1.807) is 42.5 Å². The maximum absolute atomic E-state index is 13.0. The summed E-state index contributed by atoms with van der Waals surface area (Å²) < 4.78 is 11.5. The van der Waals surface area contributed by atoms with Gasteiger partial charge in [-0.1, -0.05) is 65.7 Å². The van der Waals surface area contributed by atoms with E-state index in [0.717, 1.165) is 10.8 Å². The zero-order valence-electron chi connectivity index (χ0n) is 19.2. The van der Waals surface area contributed by atoms with Crippen molar-refractivity contribution in [1.82, 2.24) is 0 Å². The van der Waals surface area contributed by atoms with Gasteiger partial charge in [-0.25, -0.2) is 4.79 Å². The van der Waals surface area contributed by atoms with Crippen molar-refractivity contribution in [3.05, 3.63) is 104 Å². The summed E-state index contributed by atoms with van der Waals surface area (Å²) in [6.45, 7) is 0. The monoisotopic (exact) mass is 594 g/mol. The molecule has 4 rings (SSSR count). The van der Waals surface area contributed by atoms with Gasteiger partial charge >= 0.3 is 5.97 Å². The maximum atomic E-state index is 13.0. The number of rotatable bonds is 6. The van der Waals surface area contributed by atoms with Gasteiger partial charge < -0.3 is 14.8 Å². The van der Waals surface area contributed by atoms with Crippen molar-refractivity contribution < 1.29 is 19.1 Å². The first-order valence-electron chi connectivity index (χ1n) is 10.8. The number of amides is 1. The molecule has 0 atom stereocenters. The van der Waals surface area contributed by atoms with Gasteiger partial charge in [0.25, 0.3) is 5.91 Å². The van der Waals surface area contributed by atoms with Crippen molar-refractivity contribution in [2.45, 2.75) is 0 Å². The van der Waals surface area contributed by atoms with Crippen LogP contribution in [0.15, 0.2) is 82.8 Å². The molecule has 37 heavy (non-hydrogen) atoms. The number of esters is 1. The lowest BCUT2D eigenvalue weighted by Crippen LogP contribution is -2.14. The van der Waals surface area contributed by atoms with Crippen molar-refractivity contribution in [3.63, 3.8) is 0 Å². The van der Waals surface area contributed by atoms with Gasteiger partial charge in [0.1, 0.15) is 11.6 Å². The molecule has 0 aromatic heterocycles. The van der Waals surface area contributed by atoms with E-state index in [1.807, 2.05) is 36.4 Å². The molecule has 0 saturated carbocycles. The molecule has 1 N–H and O–H groups in total. The molecule has 0 aliphatic carbocycles. The molecule has 0 fully saturated rings. The van der Waals surface area contributed by atoms with Crippen LogP contribution in [0.1, 0.15) is 15.9 Å². The molecule has 0 aliphatic rings. The molecular weight excluding hydrogens is 579 g/mol. The van der Waals surface area contributed by atoms with Crippen molar-refractivity contribution in [3.8, 4) is 17.6 Å². The zero-order chi connectivity index (χ0) is 26.5. The number of benzene rings is 4. The molecule has 4 aromatic carbocycles. The quantitative estimate of drug-likeness (QED) is 0.107. The number of methoxy groups -OCH3 is 1. The number of nitrogens with zero attached hydrogens (tertiary/aromatic N) is 1. The standard InChI is InChI=1S/C28H17BrCl2N2O4/c1-36-24-14-16(12-18(15-32)27(34)33-23-11-5-10-22(30)25(23)31)13-21(29)26(24)37-28(35)20-9-4-7-17-6-2-3-8-19(17)20/h2-14H,1H3,(H,33,34)/b18-12+. The molecule has 0 radical (unpaired) electrons. The van der Waals surface area contributed by atoms with Gasteiger partial charge in [0.05, 0.1) is 32.9 Å². The summed E-state index contributed by atoms with van der Waals surface area (Å²) in [5.74, 6) is -0.848. The van der Waals surface area contributed by atoms with Gasteiger partial charge in [-0.05, 0) is 68.7 Å². The fourth-order valence-electron chi connectivity index (χ4n) is 3.58. The highest BCUT2D eigenvalue weighted by molar-refractivity contribution is 9.10. The molecule has 9 heteroatoms. The molecular formula is C28H17BrCl2N2O4. The molecule has 0 spiro atoms. The van der Waals surface area contributed by atoms with E-state index < -0.39 is 11.9 Å². The number of halogens is 3. The molecule has 0 bridgehead atoms. The van der Waals surface area contributed by atoms with Crippen molar-refractivity contribution >= 4 is 73.5 Å². The van der Waals surface area contributed by atoms with Crippen LogP contribution in [-0.4, -0.2) is 19.0 Å². The second-order valence-corrected chi connectivity index (χ2v) is 9.32. The van der Waals surface area contributed by atoms with Gasteiger partial charge in [0, 0.05) is 0 Å². The normalized spacial score (nSPS) is 11.1. The first-order chi connectivity index (χ1) is 17.8. The number of ether oxygens (including phenoxy) is 2. The van der Waals surface area contributed by atoms with Gasteiger partial charge in [0.2, 0.25) is 0 Å². The fraction of sp³-hybridized carbons (Fsp3) is 0.0357. The Balaban J connectivity index is 1.62. The highest BCUT2D eigenvalue weighted by Crippen LogP contribution is 2.38. The first-order valence-corrected chi connectivity index (χ1v) is 12.3. The molecule has 184 valence electrons. The van der Waals surface area contributed by atoms with E-state index in [-0.39, 0.29) is 32.8 Å². The topological polar surface area (TPSA) is 88.4 Å². The highest BCUT2D eigenvalue weighted by atomic mass is 79.9. The van der Waals surface area contributed by atoms with E-state index >= 15 is 0 Å². The van der Waals surface area contributed by atoms with Crippen LogP contribution in [0.5, 0.6) is 11.5 Å². The summed E-state index contributed by atoms with van der Waals surface area (Å²) >= 11 is 15.5. The van der Waals surface area contributed by atoms with Crippen LogP contribution < -0.4 is 14.8 Å². The Bertz CT molecular complexity index is 1610. The minimum Gasteiger partial charge on any atom is -0.493 e. The highest BCUT2D eigenvalue weighted by Gasteiger charge is 2.19. The van der Waals surface area contributed by atoms with Crippen LogP contribution in [0.25, 0.3) is 16.8 Å². The lowest BCUT2D eigenvalue weighted by Gasteiger charge is -2.13. The second-order valence-electron chi connectivity index (χ2n) is 7.68. The predicted octanol–water partition coefficient (Wildman–Crippen LogP) is 7.68. The Kier molecular flexibility index (Phi) is 8.14. The van der Waals surface area contributed by atoms with Crippen molar-refractivity contribution in [2.24, 2.45) is 0 Å². The van der Waals surface area contributed by atoms with E-state index in [9.17, 15) is 14.9 Å². The second kappa shape index (κ2) is 11.5. The van der Waals surface area contributed by atoms with Crippen LogP contribution >= 0.6 is 39.1 Å². The van der Waals surface area contributed by atoms with Gasteiger partial charge in [-0.15, -0.1) is 0 Å². The summed E-state index contributed by atoms with van der Waals surface area (Å²) in [5, 5.41) is 14.3. The lowest BCUT2D eigenvalue weighted by atomic mass is 10.0. The third-order valence-electron chi connectivity index (χ3n) is 5.33. The summed E-state index contributed by atoms with van der Waals surface area (Å²) in [5.41, 5.74) is 0.942. The fourth-order valence-corrected chi connectivity index (χ4v) is 4.47. The number of hydrogen-bond donors (Lipinski definition) is 1. The third kappa shape index (κ3) is 5.78. The summed E-state index contributed by atoms with van der Waals surface area (Å²) in [6, 6.07) is 22.7. The van der Waals surface area contributed by atoms with Crippen molar-refractivity contribution in [2.75, 3.05) is 12.4 Å². The van der Waals surface area contributed by atoms with E-state index in [4.69, 9.17) is 32.7 Å². The average molecular weight is 596 g/mol. The lowest BCUT2D eigenvalue weighted by molar-refractivity contribution is -0.112. The van der Waals surface area contributed by atoms with Crippen LogP contribution in [0.3, 0.4) is 0 Å². The Labute approximate surface area is 231 Å². The van der Waals surface area contributed by atoms with Crippen LogP contribution in [0, 0.1) is 11.3 Å². The van der Waals surface area contributed by atoms with Gasteiger partial charge in [-0.3, -0.25) is 4.79 Å². The number of carbonyl (C=O) groups is 2. The van der Waals surface area contributed by atoms with Crippen LogP contribution in [-0.2, 0) is 4.79 Å². The Morgan fingerprint density at radius 3 is 2.51 bits per heavy atom. The van der Waals surface area contributed by atoms with E-state index in [2.05, 4.69) is 21.2 Å². The molecule has 6 nitrogen and oxygen atoms in total. The number of nitriles is 1. The molecule has 0 aliphatic heterocycles. The minimum atomic E-state index is -0.673. The van der Waals surface area contributed by atoms with E-state index in [0.29, 0.717) is 15.6 Å². The zero-order valence-corrected chi connectivity index (χ0v) is 22.3. The van der Waals surface area contributed by atoms with Gasteiger partial charge in [-0.2, -0.15) is 5.26 Å². The minimum absolute atomic E-state index is 0.159. The van der Waals surface area contributed by atoms with Gasteiger partial charge in [0.15, 0.2) is 11.5 Å². The predicted molar refractivity (Wildman–Crippen MR) is 148 cm³/mol. The molecule has 1 amide bonds. The maximum Gasteiger partial charge on any atom is 0.344 e. The summed E-state index contributed by atoms with van der Waals surface area (Å²) in [6.07, 6.45) is 1.37. The average Bonchev–Trinajstić information content (AvgIpc) is 2.90. The van der Waals surface area contributed by atoms with Crippen LogP contribution in [0.4, 0.5) is 5.69 Å². The summed E-state index contributed by atoms with van der Waals surface area (Å²) in [7, 11) is 1.42. The molecule has 0 unspecified atom stereocenters. The molecule has 4 aromatic rings. The van der Waals surface area contributed by atoms with Crippen LogP contribution in [0.2, 0.25) is 10.0 Å². The number of fused-ring (bicyclic) bond motifs is 1. The summed E-state index contributed by atoms with van der Waals surface area (Å²) in [4.78, 5) is 25.8. The smallest absolute Gasteiger partial charge is 0.344 e. The SMILES string of the molecule is COc1cc(/C=C(\C#N)C(=O)Nc2cccc(Cl)c2Cl)cc(Br)c1OC(=O)c1cccc2ccccc12. The number of carbonyl (C=O) groups excluding carboxylic acids is 2. The Morgan fingerprint density at radius 1 is 1.03 bits per heavy atom. The van der Waals surface area contributed by atoms with Crippen molar-refractivity contribution in [1.29, 1.82) is 5.26 Å². The Hall–Kier alpha value is -3.83. The largest absolute Gasteiger partial charge is 0.493 e. The Morgan fingerprint density at radius 2 is 1.76 bits per heavy atom. The number of nitrogens with one attached hydrogen (secondary N) is 1. The third-order valence-corrected chi connectivity index (χ3v) is 6.74. The number of hydrogen-bond acceptors (Lipinski definition) is 5.